The molecular weight excluding hydrogens is 643 g/mol. The van der Waals surface area contributed by atoms with Crippen molar-refractivity contribution in [3.05, 3.63) is 87.4 Å². The number of methoxy groups -OCH3 is 2. The number of amides is 4. The van der Waals surface area contributed by atoms with E-state index in [2.05, 4.69) is 16.0 Å². The topological polar surface area (TPSA) is 126 Å². The maximum Gasteiger partial charge on any atom is 0.328 e. The second-order valence-electron chi connectivity index (χ2n) is 11.6. The van der Waals surface area contributed by atoms with E-state index in [-0.39, 0.29) is 45.7 Å². The first-order valence-corrected chi connectivity index (χ1v) is 16.3. The van der Waals surface area contributed by atoms with Crippen molar-refractivity contribution in [1.29, 1.82) is 0 Å². The van der Waals surface area contributed by atoms with Crippen molar-refractivity contribution in [3.8, 4) is 5.75 Å². The second-order valence-corrected chi connectivity index (χ2v) is 12.4. The summed E-state index contributed by atoms with van der Waals surface area (Å²) in [5.41, 5.74) is 1.91. The second kappa shape index (κ2) is 16.5. The van der Waals surface area contributed by atoms with Gasteiger partial charge in [0.15, 0.2) is 0 Å². The number of hydrogen-bond acceptors (Lipinski definition) is 6. The molecule has 1 aliphatic rings. The van der Waals surface area contributed by atoms with Gasteiger partial charge in [-0.25, -0.2) is 9.59 Å². The van der Waals surface area contributed by atoms with Gasteiger partial charge < -0.3 is 30.3 Å². The largest absolute Gasteiger partial charge is 0.497 e. The molecule has 0 saturated heterocycles. The Kier molecular flexibility index (Phi) is 12.5. The molecule has 3 aromatic rings. The van der Waals surface area contributed by atoms with Crippen molar-refractivity contribution >= 4 is 58.4 Å². The van der Waals surface area contributed by atoms with Crippen molar-refractivity contribution in [3.63, 3.8) is 0 Å². The fraction of sp³-hybridized carbons (Fsp3) is 0.371. The van der Waals surface area contributed by atoms with Gasteiger partial charge in [0.2, 0.25) is 0 Å². The van der Waals surface area contributed by atoms with E-state index >= 15 is 0 Å². The zero-order valence-electron chi connectivity index (χ0n) is 26.9. The fourth-order valence-electron chi connectivity index (χ4n) is 5.78. The molecule has 47 heavy (non-hydrogen) atoms. The van der Waals surface area contributed by atoms with Gasteiger partial charge in [-0.05, 0) is 68.7 Å². The SMILES string of the molecule is COC(=O)C(Cc1ccc(NC(=O)c2c(Cl)cccc2Cl)cc1)NC(=O)Nc1cc(OC)ccc1C(=O)N(C(C)C)C1CCCCC1. The van der Waals surface area contributed by atoms with E-state index < -0.39 is 23.9 Å². The number of ether oxygens (including phenoxy) is 2. The lowest BCUT2D eigenvalue weighted by Crippen LogP contribution is -2.47. The molecule has 1 fully saturated rings. The molecule has 1 saturated carbocycles. The number of nitrogens with zero attached hydrogens (tertiary/aromatic N) is 1. The molecule has 0 bridgehead atoms. The standard InChI is InChI=1S/C35H40Cl2N4O6/c1-21(2)41(24-9-6-5-7-10-24)33(43)26-18-17-25(46-3)20-29(26)39-35(45)40-30(34(44)47-4)19-22-13-15-23(16-14-22)38-32(42)31-27(36)11-8-12-28(31)37/h8,11-18,20-21,24,30H,5-7,9-10,19H2,1-4H3,(H,38,42)(H2,39,40,45). The van der Waals surface area contributed by atoms with E-state index in [1.807, 2.05) is 18.7 Å². The minimum absolute atomic E-state index is 0.0354. The molecule has 3 aromatic carbocycles. The molecule has 0 radical (unpaired) electrons. The Morgan fingerprint density at radius 1 is 0.894 bits per heavy atom. The minimum atomic E-state index is -1.05. The van der Waals surface area contributed by atoms with Crippen molar-refractivity contribution in [2.75, 3.05) is 24.9 Å². The van der Waals surface area contributed by atoms with Crippen LogP contribution in [0.2, 0.25) is 10.0 Å². The predicted octanol–water partition coefficient (Wildman–Crippen LogP) is 7.34. The summed E-state index contributed by atoms with van der Waals surface area (Å²) in [6.07, 6.45) is 5.27. The molecule has 12 heteroatoms. The quantitative estimate of drug-likeness (QED) is 0.182. The summed E-state index contributed by atoms with van der Waals surface area (Å²) in [7, 11) is 2.73. The molecule has 0 aromatic heterocycles. The summed E-state index contributed by atoms with van der Waals surface area (Å²) < 4.78 is 10.3. The Bertz CT molecular complexity index is 1570. The molecule has 4 amide bonds. The average molecular weight is 684 g/mol. The van der Waals surface area contributed by atoms with Crippen LogP contribution in [0, 0.1) is 0 Å². The number of carbonyl (C=O) groups is 4. The number of rotatable bonds is 11. The first-order chi connectivity index (χ1) is 22.5. The van der Waals surface area contributed by atoms with E-state index in [0.29, 0.717) is 22.6 Å². The lowest BCUT2D eigenvalue weighted by molar-refractivity contribution is -0.142. The van der Waals surface area contributed by atoms with Gasteiger partial charge in [0, 0.05) is 30.3 Å². The fourth-order valence-corrected chi connectivity index (χ4v) is 6.35. The van der Waals surface area contributed by atoms with E-state index in [9.17, 15) is 19.2 Å². The molecule has 1 atom stereocenters. The van der Waals surface area contributed by atoms with Crippen LogP contribution in [-0.2, 0) is 16.0 Å². The Morgan fingerprint density at radius 3 is 2.15 bits per heavy atom. The van der Waals surface area contributed by atoms with Gasteiger partial charge in [0.05, 0.1) is 41.1 Å². The summed E-state index contributed by atoms with van der Waals surface area (Å²) in [6, 6.07) is 14.8. The lowest BCUT2D eigenvalue weighted by atomic mass is 9.92. The van der Waals surface area contributed by atoms with E-state index in [4.69, 9.17) is 32.7 Å². The number of carbonyl (C=O) groups excluding carboxylic acids is 4. The number of urea groups is 1. The number of halogens is 2. The smallest absolute Gasteiger partial charge is 0.328 e. The maximum atomic E-state index is 13.9. The summed E-state index contributed by atoms with van der Waals surface area (Å²) in [5, 5.41) is 8.64. The Hall–Kier alpha value is -4.28. The lowest BCUT2D eigenvalue weighted by Gasteiger charge is -2.37. The Balaban J connectivity index is 1.48. The van der Waals surface area contributed by atoms with E-state index in [0.717, 1.165) is 32.1 Å². The third kappa shape index (κ3) is 9.17. The summed E-state index contributed by atoms with van der Waals surface area (Å²) in [6.45, 7) is 3.98. The van der Waals surface area contributed by atoms with Gasteiger partial charge in [0.1, 0.15) is 11.8 Å². The van der Waals surface area contributed by atoms with Crippen LogP contribution in [0.5, 0.6) is 5.75 Å². The van der Waals surface area contributed by atoms with Crippen LogP contribution in [0.4, 0.5) is 16.2 Å². The normalized spacial score (nSPS) is 13.8. The van der Waals surface area contributed by atoms with Gasteiger partial charge in [-0.15, -0.1) is 0 Å². The molecule has 0 spiro atoms. The first kappa shape index (κ1) is 35.6. The van der Waals surface area contributed by atoms with Gasteiger partial charge in [0.25, 0.3) is 11.8 Å². The van der Waals surface area contributed by atoms with Crippen molar-refractivity contribution in [1.82, 2.24) is 10.2 Å². The van der Waals surface area contributed by atoms with E-state index in [1.165, 1.54) is 14.2 Å². The zero-order chi connectivity index (χ0) is 34.1. The highest BCUT2D eigenvalue weighted by molar-refractivity contribution is 6.40. The van der Waals surface area contributed by atoms with Crippen LogP contribution < -0.4 is 20.7 Å². The molecule has 1 aliphatic carbocycles. The molecular formula is C35H40Cl2N4O6. The highest BCUT2D eigenvalue weighted by Crippen LogP contribution is 2.30. The summed E-state index contributed by atoms with van der Waals surface area (Å²) >= 11 is 12.3. The van der Waals surface area contributed by atoms with Crippen molar-refractivity contribution in [2.24, 2.45) is 0 Å². The molecule has 4 rings (SSSR count). The number of esters is 1. The van der Waals surface area contributed by atoms with Crippen LogP contribution in [-0.4, -0.2) is 61.1 Å². The summed E-state index contributed by atoms with van der Waals surface area (Å²) in [5.74, 6) is -0.849. The highest BCUT2D eigenvalue weighted by atomic mass is 35.5. The van der Waals surface area contributed by atoms with Crippen LogP contribution in [0.15, 0.2) is 60.7 Å². The molecule has 10 nitrogen and oxygen atoms in total. The van der Waals surface area contributed by atoms with Gasteiger partial charge in [-0.1, -0.05) is 60.7 Å². The molecule has 250 valence electrons. The highest BCUT2D eigenvalue weighted by Gasteiger charge is 2.30. The Morgan fingerprint density at radius 2 is 1.55 bits per heavy atom. The molecule has 1 unspecified atom stereocenters. The maximum absolute atomic E-state index is 13.9. The third-order valence-corrected chi connectivity index (χ3v) is 8.73. The number of hydrogen-bond donors (Lipinski definition) is 3. The average Bonchev–Trinajstić information content (AvgIpc) is 3.05. The van der Waals surface area contributed by atoms with Gasteiger partial charge >= 0.3 is 12.0 Å². The monoisotopic (exact) mass is 682 g/mol. The first-order valence-electron chi connectivity index (χ1n) is 15.5. The minimum Gasteiger partial charge on any atom is -0.497 e. The molecule has 0 aliphatic heterocycles. The summed E-state index contributed by atoms with van der Waals surface area (Å²) in [4.78, 5) is 54.6. The van der Waals surface area contributed by atoms with Crippen molar-refractivity contribution in [2.45, 2.75) is 70.5 Å². The predicted molar refractivity (Wildman–Crippen MR) is 184 cm³/mol. The van der Waals surface area contributed by atoms with Crippen LogP contribution in [0.25, 0.3) is 0 Å². The van der Waals surface area contributed by atoms with Gasteiger partial charge in [-0.3, -0.25) is 9.59 Å². The van der Waals surface area contributed by atoms with Crippen LogP contribution >= 0.6 is 23.2 Å². The number of benzene rings is 3. The zero-order valence-corrected chi connectivity index (χ0v) is 28.4. The van der Waals surface area contributed by atoms with E-state index in [1.54, 1.807) is 60.7 Å². The van der Waals surface area contributed by atoms with Gasteiger partial charge in [-0.2, -0.15) is 0 Å². The third-order valence-electron chi connectivity index (χ3n) is 8.10. The van der Waals surface area contributed by atoms with Crippen molar-refractivity contribution < 1.29 is 28.7 Å². The molecule has 0 heterocycles. The number of nitrogens with one attached hydrogen (secondary N) is 3. The number of anilines is 2. The van der Waals surface area contributed by atoms with Crippen LogP contribution in [0.1, 0.15) is 72.2 Å². The molecule has 3 N–H and O–H groups in total. The Labute approximate surface area is 285 Å². The van der Waals surface area contributed by atoms with Crippen LogP contribution in [0.3, 0.4) is 0 Å².